The van der Waals surface area contributed by atoms with E-state index >= 15 is 0 Å². The fourth-order valence-electron chi connectivity index (χ4n) is 1.63. The van der Waals surface area contributed by atoms with E-state index in [1.54, 1.807) is 0 Å². The summed E-state index contributed by atoms with van der Waals surface area (Å²) in [6.45, 7) is 4.12. The number of hydrogen-bond acceptors (Lipinski definition) is 4. The minimum absolute atomic E-state index is 0.0135. The highest BCUT2D eigenvalue weighted by molar-refractivity contribution is 7.90. The van der Waals surface area contributed by atoms with Gasteiger partial charge in [-0.2, -0.15) is 5.10 Å². The molecule has 0 aromatic carbocycles. The number of aliphatic hydroxyl groups excluding tert-OH is 1. The van der Waals surface area contributed by atoms with Gasteiger partial charge in [0.25, 0.3) is 0 Å². The highest BCUT2D eigenvalue weighted by Crippen LogP contribution is 2.22. The molecular formula is C11H19ClN2O3S. The van der Waals surface area contributed by atoms with E-state index in [2.05, 4.69) is 5.10 Å². The average molecular weight is 295 g/mol. The number of hydrogen-bond donors (Lipinski definition) is 1. The molecule has 1 heterocycles. The zero-order valence-electron chi connectivity index (χ0n) is 10.9. The first-order valence-electron chi connectivity index (χ1n) is 5.77. The summed E-state index contributed by atoms with van der Waals surface area (Å²) in [4.78, 5) is 0. The van der Waals surface area contributed by atoms with Crippen LogP contribution in [0.1, 0.15) is 25.1 Å². The fourth-order valence-corrected chi connectivity index (χ4v) is 2.43. The lowest BCUT2D eigenvalue weighted by atomic mass is 10.1. The Balaban J connectivity index is 2.96. The SMILES string of the molecule is CC(C)Cc1nn(CCS(C)(=O)=O)c(Cl)c1CO. The van der Waals surface area contributed by atoms with Gasteiger partial charge in [0, 0.05) is 11.8 Å². The van der Waals surface area contributed by atoms with Crippen LogP contribution in [0.4, 0.5) is 0 Å². The van der Waals surface area contributed by atoms with Gasteiger partial charge in [0.15, 0.2) is 0 Å². The Bertz CT molecular complexity index is 509. The minimum Gasteiger partial charge on any atom is -0.391 e. The van der Waals surface area contributed by atoms with Crippen LogP contribution in [0.15, 0.2) is 0 Å². The van der Waals surface area contributed by atoms with Crippen molar-refractivity contribution in [2.45, 2.75) is 33.4 Å². The summed E-state index contributed by atoms with van der Waals surface area (Å²) in [7, 11) is -3.05. The van der Waals surface area contributed by atoms with Crippen molar-refractivity contribution in [1.82, 2.24) is 9.78 Å². The van der Waals surface area contributed by atoms with Crippen molar-refractivity contribution >= 4 is 21.4 Å². The molecule has 1 rings (SSSR count). The molecule has 0 spiro atoms. The standard InChI is InChI=1S/C11H19ClN2O3S/c1-8(2)6-10-9(7-15)11(12)14(13-10)4-5-18(3,16)17/h8,15H,4-7H2,1-3H3. The summed E-state index contributed by atoms with van der Waals surface area (Å²) in [6.07, 6.45) is 1.88. The number of aliphatic hydroxyl groups is 1. The number of aryl methyl sites for hydroxylation is 1. The average Bonchev–Trinajstić information content (AvgIpc) is 2.50. The monoisotopic (exact) mass is 294 g/mol. The second-order valence-electron chi connectivity index (χ2n) is 4.83. The lowest BCUT2D eigenvalue weighted by Gasteiger charge is -2.02. The molecule has 1 N–H and O–H groups in total. The molecule has 0 aliphatic heterocycles. The van der Waals surface area contributed by atoms with Crippen molar-refractivity contribution in [3.05, 3.63) is 16.4 Å². The third-order valence-electron chi connectivity index (χ3n) is 2.50. The molecule has 0 fully saturated rings. The first-order chi connectivity index (χ1) is 8.24. The van der Waals surface area contributed by atoms with Gasteiger partial charge in [-0.15, -0.1) is 0 Å². The number of rotatable bonds is 6. The van der Waals surface area contributed by atoms with Crippen molar-refractivity contribution in [2.24, 2.45) is 5.92 Å². The quantitative estimate of drug-likeness (QED) is 0.858. The lowest BCUT2D eigenvalue weighted by molar-refractivity contribution is 0.280. The van der Waals surface area contributed by atoms with Crippen LogP contribution in [0.25, 0.3) is 0 Å². The molecule has 0 amide bonds. The molecule has 0 radical (unpaired) electrons. The molecule has 0 unspecified atom stereocenters. The van der Waals surface area contributed by atoms with Crippen LogP contribution in [-0.2, 0) is 29.4 Å². The molecular weight excluding hydrogens is 276 g/mol. The molecule has 0 saturated heterocycles. The maximum Gasteiger partial charge on any atom is 0.149 e. The van der Waals surface area contributed by atoms with Crippen molar-refractivity contribution in [2.75, 3.05) is 12.0 Å². The van der Waals surface area contributed by atoms with Gasteiger partial charge in [-0.1, -0.05) is 25.4 Å². The van der Waals surface area contributed by atoms with Crippen molar-refractivity contribution in [3.8, 4) is 0 Å². The van der Waals surface area contributed by atoms with E-state index in [1.165, 1.54) is 10.9 Å². The Hall–Kier alpha value is -0.590. The Morgan fingerprint density at radius 3 is 2.50 bits per heavy atom. The van der Waals surface area contributed by atoms with Crippen LogP contribution in [0, 0.1) is 5.92 Å². The van der Waals surface area contributed by atoms with E-state index < -0.39 is 9.84 Å². The molecule has 7 heteroatoms. The number of sulfone groups is 1. The zero-order chi connectivity index (χ0) is 13.9. The Kier molecular flexibility index (Phi) is 5.19. The summed E-state index contributed by atoms with van der Waals surface area (Å²) in [5, 5.41) is 13.9. The second-order valence-corrected chi connectivity index (χ2v) is 7.44. The van der Waals surface area contributed by atoms with Crippen LogP contribution < -0.4 is 0 Å². The van der Waals surface area contributed by atoms with E-state index in [1.807, 2.05) is 13.8 Å². The molecule has 0 bridgehead atoms. The van der Waals surface area contributed by atoms with Gasteiger partial charge >= 0.3 is 0 Å². The lowest BCUT2D eigenvalue weighted by Crippen LogP contribution is -2.12. The highest BCUT2D eigenvalue weighted by atomic mass is 35.5. The van der Waals surface area contributed by atoms with Gasteiger partial charge in [-0.25, -0.2) is 8.42 Å². The summed E-state index contributed by atoms with van der Waals surface area (Å²) >= 11 is 6.09. The van der Waals surface area contributed by atoms with Crippen LogP contribution in [-0.4, -0.2) is 35.3 Å². The number of aromatic nitrogens is 2. The normalized spacial score (nSPS) is 12.3. The van der Waals surface area contributed by atoms with Gasteiger partial charge in [0.05, 0.1) is 24.6 Å². The predicted molar refractivity (Wildman–Crippen MR) is 71.4 cm³/mol. The molecule has 0 atom stereocenters. The molecule has 1 aromatic heterocycles. The third kappa shape index (κ3) is 4.26. The van der Waals surface area contributed by atoms with Crippen LogP contribution in [0.5, 0.6) is 0 Å². The van der Waals surface area contributed by atoms with E-state index in [0.717, 1.165) is 5.69 Å². The molecule has 0 aliphatic rings. The van der Waals surface area contributed by atoms with E-state index in [9.17, 15) is 13.5 Å². The fraction of sp³-hybridized carbons (Fsp3) is 0.727. The third-order valence-corrected chi connectivity index (χ3v) is 3.85. The molecule has 1 aromatic rings. The van der Waals surface area contributed by atoms with Crippen molar-refractivity contribution in [3.63, 3.8) is 0 Å². The maximum atomic E-state index is 11.1. The first-order valence-corrected chi connectivity index (χ1v) is 8.21. The van der Waals surface area contributed by atoms with E-state index in [0.29, 0.717) is 23.1 Å². The molecule has 0 aliphatic carbocycles. The van der Waals surface area contributed by atoms with E-state index in [-0.39, 0.29) is 18.9 Å². The van der Waals surface area contributed by atoms with E-state index in [4.69, 9.17) is 11.6 Å². The van der Waals surface area contributed by atoms with Crippen LogP contribution in [0.2, 0.25) is 5.15 Å². The Morgan fingerprint density at radius 1 is 1.44 bits per heavy atom. The van der Waals surface area contributed by atoms with Crippen molar-refractivity contribution in [1.29, 1.82) is 0 Å². The predicted octanol–water partition coefficient (Wildman–Crippen LogP) is 1.27. The maximum absolute atomic E-state index is 11.1. The topological polar surface area (TPSA) is 72.2 Å². The molecule has 18 heavy (non-hydrogen) atoms. The summed E-state index contributed by atoms with van der Waals surface area (Å²) < 4.78 is 23.7. The molecule has 0 saturated carbocycles. The van der Waals surface area contributed by atoms with Crippen LogP contribution in [0.3, 0.4) is 0 Å². The molecule has 5 nitrogen and oxygen atoms in total. The van der Waals surface area contributed by atoms with Crippen LogP contribution >= 0.6 is 11.6 Å². The van der Waals surface area contributed by atoms with Gasteiger partial charge < -0.3 is 5.11 Å². The first kappa shape index (κ1) is 15.5. The van der Waals surface area contributed by atoms with Gasteiger partial charge in [0.1, 0.15) is 15.0 Å². The molecule has 104 valence electrons. The minimum atomic E-state index is -3.05. The second kappa shape index (κ2) is 6.04. The number of nitrogens with zero attached hydrogens (tertiary/aromatic N) is 2. The highest BCUT2D eigenvalue weighted by Gasteiger charge is 2.17. The summed E-state index contributed by atoms with van der Waals surface area (Å²) in [5.74, 6) is 0.380. The smallest absolute Gasteiger partial charge is 0.149 e. The van der Waals surface area contributed by atoms with Gasteiger partial charge in [0.2, 0.25) is 0 Å². The summed E-state index contributed by atoms with van der Waals surface area (Å²) in [6, 6.07) is 0. The van der Waals surface area contributed by atoms with Gasteiger partial charge in [-0.05, 0) is 12.3 Å². The summed E-state index contributed by atoms with van der Waals surface area (Å²) in [5.41, 5.74) is 1.34. The van der Waals surface area contributed by atoms with Gasteiger partial charge in [-0.3, -0.25) is 4.68 Å². The Labute approximate surface area is 113 Å². The number of halogens is 1. The van der Waals surface area contributed by atoms with Crippen molar-refractivity contribution < 1.29 is 13.5 Å². The largest absolute Gasteiger partial charge is 0.391 e. The zero-order valence-corrected chi connectivity index (χ0v) is 12.4. The Morgan fingerprint density at radius 2 is 2.06 bits per heavy atom.